The fraction of sp³-hybridized carbons (Fsp3) is 0.182. The van der Waals surface area contributed by atoms with Gasteiger partial charge in [-0.2, -0.15) is 0 Å². The summed E-state index contributed by atoms with van der Waals surface area (Å²) in [6, 6.07) is 23.5. The molecule has 3 aromatic carbocycles. The Morgan fingerprint density at radius 3 is 2.22 bits per heavy atom. The van der Waals surface area contributed by atoms with Gasteiger partial charge in [-0.1, -0.05) is 60.2 Å². The Bertz CT molecular complexity index is 832. The Labute approximate surface area is 138 Å². The van der Waals surface area contributed by atoms with E-state index < -0.39 is 0 Å². The summed E-state index contributed by atoms with van der Waals surface area (Å²) in [6.07, 6.45) is 0.940. The molecule has 1 heteroatoms. The van der Waals surface area contributed by atoms with E-state index in [0.29, 0.717) is 0 Å². The van der Waals surface area contributed by atoms with Gasteiger partial charge >= 0.3 is 0 Å². The molecule has 0 unspecified atom stereocenters. The molecule has 0 aromatic heterocycles. The molecular formula is C22H22O. The van der Waals surface area contributed by atoms with Crippen LogP contribution in [0, 0.1) is 0 Å². The summed E-state index contributed by atoms with van der Waals surface area (Å²) >= 11 is 0. The average molecular weight is 302 g/mol. The molecule has 0 aliphatic heterocycles. The van der Waals surface area contributed by atoms with Gasteiger partial charge in [0, 0.05) is 0 Å². The normalized spacial score (nSPS) is 10.6. The number of rotatable bonds is 4. The molecule has 23 heavy (non-hydrogen) atoms. The van der Waals surface area contributed by atoms with E-state index in [2.05, 4.69) is 68.4 Å². The largest absolute Gasteiger partial charge is 0.497 e. The lowest BCUT2D eigenvalue weighted by Crippen LogP contribution is -1.95. The molecule has 0 aliphatic rings. The highest BCUT2D eigenvalue weighted by Crippen LogP contribution is 2.28. The molecule has 3 aromatic rings. The predicted molar refractivity (Wildman–Crippen MR) is 98.9 cm³/mol. The molecule has 0 saturated heterocycles. The Morgan fingerprint density at radius 2 is 1.52 bits per heavy atom. The van der Waals surface area contributed by atoms with Gasteiger partial charge in [0.15, 0.2) is 0 Å². The van der Waals surface area contributed by atoms with Crippen LogP contribution in [0.4, 0.5) is 0 Å². The maximum Gasteiger partial charge on any atom is 0.118 e. The van der Waals surface area contributed by atoms with Crippen molar-refractivity contribution >= 4 is 16.3 Å². The van der Waals surface area contributed by atoms with Crippen LogP contribution in [0.3, 0.4) is 0 Å². The van der Waals surface area contributed by atoms with Crippen LogP contribution in [-0.4, -0.2) is 7.11 Å². The maximum absolute atomic E-state index is 5.27. The van der Waals surface area contributed by atoms with E-state index in [1.54, 1.807) is 7.11 Å². The highest BCUT2D eigenvalue weighted by atomic mass is 16.5. The predicted octanol–water partition coefficient (Wildman–Crippen LogP) is 5.88. The van der Waals surface area contributed by atoms with Crippen molar-refractivity contribution in [3.63, 3.8) is 0 Å². The Kier molecular flexibility index (Phi) is 4.47. The summed E-state index contributed by atoms with van der Waals surface area (Å²) < 4.78 is 5.27. The summed E-state index contributed by atoms with van der Waals surface area (Å²) in [7, 11) is 1.70. The molecule has 0 spiro atoms. The van der Waals surface area contributed by atoms with Crippen molar-refractivity contribution < 1.29 is 4.74 Å². The lowest BCUT2D eigenvalue weighted by Gasteiger charge is -2.13. The zero-order valence-corrected chi connectivity index (χ0v) is 14.0. The smallest absolute Gasteiger partial charge is 0.118 e. The highest BCUT2D eigenvalue weighted by Gasteiger charge is 2.08. The third kappa shape index (κ3) is 3.29. The molecule has 0 atom stereocenters. The van der Waals surface area contributed by atoms with Crippen LogP contribution in [0.5, 0.6) is 5.75 Å². The molecule has 0 N–H and O–H groups in total. The highest BCUT2D eigenvalue weighted by molar-refractivity contribution is 5.87. The van der Waals surface area contributed by atoms with E-state index in [9.17, 15) is 0 Å². The zero-order chi connectivity index (χ0) is 16.2. The monoisotopic (exact) mass is 302 g/mol. The van der Waals surface area contributed by atoms with Crippen molar-refractivity contribution in [2.75, 3.05) is 7.11 Å². The maximum atomic E-state index is 5.27. The first kappa shape index (κ1) is 15.4. The van der Waals surface area contributed by atoms with Gasteiger partial charge in [0.25, 0.3) is 0 Å². The molecular weight excluding hydrogens is 280 g/mol. The van der Waals surface area contributed by atoms with Gasteiger partial charge in [0.2, 0.25) is 0 Å². The Morgan fingerprint density at radius 1 is 0.826 bits per heavy atom. The van der Waals surface area contributed by atoms with Crippen LogP contribution in [-0.2, 0) is 6.42 Å². The number of benzene rings is 3. The minimum atomic E-state index is 0.895. The zero-order valence-electron chi connectivity index (χ0n) is 14.0. The first-order valence-corrected chi connectivity index (χ1v) is 7.96. The third-order valence-electron chi connectivity index (χ3n) is 4.29. The quantitative estimate of drug-likeness (QED) is 0.584. The van der Waals surface area contributed by atoms with Crippen LogP contribution in [0.15, 0.2) is 72.3 Å². The van der Waals surface area contributed by atoms with Crippen LogP contribution < -0.4 is 4.74 Å². The summed E-state index contributed by atoms with van der Waals surface area (Å²) in [4.78, 5) is 0. The van der Waals surface area contributed by atoms with Crippen molar-refractivity contribution in [1.82, 2.24) is 0 Å². The second-order valence-electron chi connectivity index (χ2n) is 6.02. The van der Waals surface area contributed by atoms with Gasteiger partial charge in [-0.3, -0.25) is 0 Å². The van der Waals surface area contributed by atoms with Crippen LogP contribution >= 0.6 is 0 Å². The van der Waals surface area contributed by atoms with Gasteiger partial charge in [-0.05, 0) is 59.9 Å². The minimum Gasteiger partial charge on any atom is -0.497 e. The molecule has 0 bridgehead atoms. The SMILES string of the molecule is COc1ccc(C(Cc2cccc3ccccc23)=C(C)C)cc1. The van der Waals surface area contributed by atoms with Gasteiger partial charge in [0.05, 0.1) is 7.11 Å². The van der Waals surface area contributed by atoms with Crippen molar-refractivity contribution in [3.8, 4) is 5.75 Å². The van der Waals surface area contributed by atoms with Crippen LogP contribution in [0.1, 0.15) is 25.0 Å². The van der Waals surface area contributed by atoms with Gasteiger partial charge in [-0.15, -0.1) is 0 Å². The number of hydrogen-bond acceptors (Lipinski definition) is 1. The van der Waals surface area contributed by atoms with E-state index in [0.717, 1.165) is 12.2 Å². The van der Waals surface area contributed by atoms with E-state index in [1.165, 1.54) is 33.0 Å². The fourth-order valence-corrected chi connectivity index (χ4v) is 3.00. The Balaban J connectivity index is 2.01. The minimum absolute atomic E-state index is 0.895. The summed E-state index contributed by atoms with van der Waals surface area (Å²) in [5.74, 6) is 0.895. The number of ether oxygens (including phenoxy) is 1. The summed E-state index contributed by atoms with van der Waals surface area (Å²) in [5.41, 5.74) is 5.36. The van der Waals surface area contributed by atoms with Gasteiger partial charge < -0.3 is 4.74 Å². The number of fused-ring (bicyclic) bond motifs is 1. The molecule has 0 aliphatic carbocycles. The van der Waals surface area contributed by atoms with E-state index in [-0.39, 0.29) is 0 Å². The second kappa shape index (κ2) is 6.70. The first-order chi connectivity index (χ1) is 11.2. The first-order valence-electron chi connectivity index (χ1n) is 7.96. The molecule has 0 heterocycles. The van der Waals surface area contributed by atoms with Crippen molar-refractivity contribution in [3.05, 3.63) is 83.4 Å². The standard InChI is InChI=1S/C22H22O/c1-16(2)22(18-11-13-20(23-3)14-12-18)15-19-9-6-8-17-7-4-5-10-21(17)19/h4-14H,15H2,1-3H3. The van der Waals surface area contributed by atoms with E-state index >= 15 is 0 Å². The average Bonchev–Trinajstić information content (AvgIpc) is 2.59. The molecule has 0 saturated carbocycles. The van der Waals surface area contributed by atoms with Crippen molar-refractivity contribution in [1.29, 1.82) is 0 Å². The van der Waals surface area contributed by atoms with Crippen molar-refractivity contribution in [2.24, 2.45) is 0 Å². The van der Waals surface area contributed by atoms with E-state index in [1.807, 2.05) is 12.1 Å². The van der Waals surface area contributed by atoms with Crippen molar-refractivity contribution in [2.45, 2.75) is 20.3 Å². The van der Waals surface area contributed by atoms with E-state index in [4.69, 9.17) is 4.74 Å². The third-order valence-corrected chi connectivity index (χ3v) is 4.29. The summed E-state index contributed by atoms with van der Waals surface area (Å²) in [5, 5.41) is 2.63. The topological polar surface area (TPSA) is 9.23 Å². The van der Waals surface area contributed by atoms with Crippen LogP contribution in [0.25, 0.3) is 16.3 Å². The molecule has 3 rings (SSSR count). The Hall–Kier alpha value is -2.54. The molecule has 0 amide bonds. The number of methoxy groups -OCH3 is 1. The molecule has 116 valence electrons. The molecule has 0 radical (unpaired) electrons. The molecule has 0 fully saturated rings. The number of hydrogen-bond donors (Lipinski definition) is 0. The molecule has 1 nitrogen and oxygen atoms in total. The van der Waals surface area contributed by atoms with Crippen LogP contribution in [0.2, 0.25) is 0 Å². The lowest BCUT2D eigenvalue weighted by molar-refractivity contribution is 0.415. The second-order valence-corrected chi connectivity index (χ2v) is 6.02. The number of allylic oxidation sites excluding steroid dienone is 2. The fourth-order valence-electron chi connectivity index (χ4n) is 3.00. The summed E-state index contributed by atoms with van der Waals surface area (Å²) in [6.45, 7) is 4.37. The van der Waals surface area contributed by atoms with Gasteiger partial charge in [-0.25, -0.2) is 0 Å². The lowest BCUT2D eigenvalue weighted by atomic mass is 9.92. The van der Waals surface area contributed by atoms with Gasteiger partial charge in [0.1, 0.15) is 5.75 Å².